The van der Waals surface area contributed by atoms with Gasteiger partial charge in [0, 0.05) is 14.5 Å². The van der Waals surface area contributed by atoms with E-state index in [-0.39, 0.29) is 11.9 Å². The summed E-state index contributed by atoms with van der Waals surface area (Å²) in [5.41, 5.74) is 1.22. The third kappa shape index (κ3) is 3.48. The van der Waals surface area contributed by atoms with Gasteiger partial charge in [-0.05, 0) is 47.1 Å². The number of nitrogens with one attached hydrogen (secondary N) is 1. The van der Waals surface area contributed by atoms with Crippen molar-refractivity contribution >= 4 is 60.7 Å². The lowest BCUT2D eigenvalue weighted by molar-refractivity contribution is 0.599. The van der Waals surface area contributed by atoms with Crippen LogP contribution in [-0.4, -0.2) is 0 Å². The summed E-state index contributed by atoms with van der Waals surface area (Å²) in [5.74, 6) is -0.279. The molecular weight excluding hydrogens is 432 g/mol. The molecule has 6 heteroatoms. The minimum atomic E-state index is -0.279. The van der Waals surface area contributed by atoms with E-state index in [9.17, 15) is 4.39 Å². The highest BCUT2D eigenvalue weighted by Crippen LogP contribution is 2.37. The van der Waals surface area contributed by atoms with Crippen molar-refractivity contribution in [2.24, 2.45) is 0 Å². The molecule has 0 amide bonds. The number of benzene rings is 2. The Morgan fingerprint density at radius 2 is 1.80 bits per heavy atom. The zero-order valence-corrected chi connectivity index (χ0v) is 15.0. The SMILES string of the molecule is CC(Nc1ccc(Br)c(Cl)c1Cl)c1ccc(Br)cc1F. The lowest BCUT2D eigenvalue weighted by Crippen LogP contribution is -2.09. The molecule has 1 N–H and O–H groups in total. The quantitative estimate of drug-likeness (QED) is 0.514. The van der Waals surface area contributed by atoms with Gasteiger partial charge in [0.15, 0.2) is 0 Å². The molecule has 0 spiro atoms. The minimum absolute atomic E-state index is 0.238. The molecule has 0 fully saturated rings. The first kappa shape index (κ1) is 16.1. The number of hydrogen-bond acceptors (Lipinski definition) is 1. The van der Waals surface area contributed by atoms with Gasteiger partial charge in [0.2, 0.25) is 0 Å². The molecule has 0 saturated heterocycles. The second-order valence-corrected chi connectivity index (χ2v) is 6.78. The highest BCUT2D eigenvalue weighted by Gasteiger charge is 2.14. The smallest absolute Gasteiger partial charge is 0.129 e. The Labute approximate surface area is 143 Å². The molecule has 0 aromatic heterocycles. The third-order valence-electron chi connectivity index (χ3n) is 2.84. The molecular formula is C14H10Br2Cl2FN. The van der Waals surface area contributed by atoms with E-state index in [1.807, 2.05) is 6.92 Å². The second-order valence-electron chi connectivity index (χ2n) is 4.25. The van der Waals surface area contributed by atoms with Crippen molar-refractivity contribution in [1.82, 2.24) is 0 Å². The predicted octanol–water partition coefficient (Wildman–Crippen LogP) is 6.83. The Balaban J connectivity index is 2.28. The average molecular weight is 442 g/mol. The highest BCUT2D eigenvalue weighted by atomic mass is 79.9. The predicted molar refractivity (Wildman–Crippen MR) is 90.3 cm³/mol. The number of anilines is 1. The van der Waals surface area contributed by atoms with E-state index in [2.05, 4.69) is 37.2 Å². The molecule has 1 atom stereocenters. The molecule has 0 radical (unpaired) electrons. The molecule has 2 aromatic carbocycles. The summed E-state index contributed by atoms with van der Waals surface area (Å²) in [6.45, 7) is 1.86. The van der Waals surface area contributed by atoms with Gasteiger partial charge in [0.05, 0.1) is 21.8 Å². The molecule has 2 rings (SSSR count). The molecule has 1 unspecified atom stereocenters. The van der Waals surface area contributed by atoms with Crippen LogP contribution in [0, 0.1) is 5.82 Å². The summed E-state index contributed by atoms with van der Waals surface area (Å²) >= 11 is 18.8. The van der Waals surface area contributed by atoms with Gasteiger partial charge in [-0.15, -0.1) is 0 Å². The van der Waals surface area contributed by atoms with Gasteiger partial charge in [-0.1, -0.05) is 45.2 Å². The fourth-order valence-corrected chi connectivity index (χ4v) is 2.96. The summed E-state index contributed by atoms with van der Waals surface area (Å²) in [6.07, 6.45) is 0. The van der Waals surface area contributed by atoms with Gasteiger partial charge in [-0.3, -0.25) is 0 Å². The normalized spacial score (nSPS) is 12.3. The van der Waals surface area contributed by atoms with E-state index in [1.54, 1.807) is 24.3 Å². The lowest BCUT2D eigenvalue weighted by atomic mass is 10.1. The van der Waals surface area contributed by atoms with Gasteiger partial charge < -0.3 is 5.32 Å². The molecule has 0 aliphatic rings. The maximum Gasteiger partial charge on any atom is 0.129 e. The molecule has 1 nitrogen and oxygen atoms in total. The van der Waals surface area contributed by atoms with E-state index >= 15 is 0 Å². The Bertz CT molecular complexity index is 649. The summed E-state index contributed by atoms with van der Waals surface area (Å²) in [6, 6.07) is 8.31. The first-order valence-electron chi connectivity index (χ1n) is 5.75. The average Bonchev–Trinajstić information content (AvgIpc) is 2.39. The van der Waals surface area contributed by atoms with Crippen LogP contribution in [0.3, 0.4) is 0 Å². The molecule has 2 aromatic rings. The summed E-state index contributed by atoms with van der Waals surface area (Å²) in [4.78, 5) is 0. The fourth-order valence-electron chi connectivity index (χ4n) is 1.80. The number of hydrogen-bond donors (Lipinski definition) is 1. The van der Waals surface area contributed by atoms with Gasteiger partial charge >= 0.3 is 0 Å². The van der Waals surface area contributed by atoms with E-state index in [0.29, 0.717) is 25.8 Å². The van der Waals surface area contributed by atoms with E-state index < -0.39 is 0 Å². The maximum absolute atomic E-state index is 13.9. The van der Waals surface area contributed by atoms with Crippen LogP contribution < -0.4 is 5.32 Å². The van der Waals surface area contributed by atoms with Gasteiger partial charge in [-0.2, -0.15) is 0 Å². The second kappa shape index (κ2) is 6.65. The lowest BCUT2D eigenvalue weighted by Gasteiger charge is -2.18. The maximum atomic E-state index is 13.9. The molecule has 20 heavy (non-hydrogen) atoms. The standard InChI is InChI=1S/C14H10Br2Cl2FN/c1-7(9-3-2-8(15)6-11(9)19)20-12-5-4-10(16)13(17)14(12)18/h2-7,20H,1H3. The van der Waals surface area contributed by atoms with Gasteiger partial charge in [0.1, 0.15) is 5.82 Å². The first-order chi connectivity index (χ1) is 9.40. The van der Waals surface area contributed by atoms with Crippen molar-refractivity contribution in [1.29, 1.82) is 0 Å². The van der Waals surface area contributed by atoms with Crippen molar-refractivity contribution in [2.45, 2.75) is 13.0 Å². The Morgan fingerprint density at radius 1 is 1.10 bits per heavy atom. The molecule has 0 aliphatic carbocycles. The van der Waals surface area contributed by atoms with Crippen LogP contribution in [0.1, 0.15) is 18.5 Å². The van der Waals surface area contributed by atoms with Crippen LogP contribution in [-0.2, 0) is 0 Å². The third-order valence-corrected chi connectivity index (χ3v) is 5.10. The van der Waals surface area contributed by atoms with Gasteiger partial charge in [0.25, 0.3) is 0 Å². The molecule has 0 saturated carbocycles. The largest absolute Gasteiger partial charge is 0.377 e. The van der Waals surface area contributed by atoms with E-state index in [0.717, 1.165) is 4.47 Å². The van der Waals surface area contributed by atoms with Crippen LogP contribution >= 0.6 is 55.1 Å². The minimum Gasteiger partial charge on any atom is -0.377 e. The first-order valence-corrected chi connectivity index (χ1v) is 8.09. The topological polar surface area (TPSA) is 12.0 Å². The summed E-state index contributed by atoms with van der Waals surface area (Å²) in [5, 5.41) is 4.00. The fraction of sp³-hybridized carbons (Fsp3) is 0.143. The van der Waals surface area contributed by atoms with Crippen LogP contribution in [0.25, 0.3) is 0 Å². The summed E-state index contributed by atoms with van der Waals surface area (Å²) in [7, 11) is 0. The summed E-state index contributed by atoms with van der Waals surface area (Å²) < 4.78 is 15.3. The van der Waals surface area contributed by atoms with Crippen molar-refractivity contribution < 1.29 is 4.39 Å². The van der Waals surface area contributed by atoms with E-state index in [1.165, 1.54) is 6.07 Å². The van der Waals surface area contributed by atoms with Crippen molar-refractivity contribution in [3.8, 4) is 0 Å². The van der Waals surface area contributed by atoms with Crippen molar-refractivity contribution in [3.05, 3.63) is 60.7 Å². The molecule has 0 aliphatic heterocycles. The monoisotopic (exact) mass is 439 g/mol. The number of rotatable bonds is 3. The number of halogens is 5. The van der Waals surface area contributed by atoms with E-state index in [4.69, 9.17) is 23.2 Å². The molecule has 106 valence electrons. The Kier molecular flexibility index (Phi) is 5.35. The van der Waals surface area contributed by atoms with Crippen LogP contribution in [0.5, 0.6) is 0 Å². The van der Waals surface area contributed by atoms with Crippen molar-refractivity contribution in [3.63, 3.8) is 0 Å². The van der Waals surface area contributed by atoms with Gasteiger partial charge in [-0.25, -0.2) is 4.39 Å². The van der Waals surface area contributed by atoms with Crippen LogP contribution in [0.2, 0.25) is 10.0 Å². The Hall–Kier alpha value is -0.290. The highest BCUT2D eigenvalue weighted by molar-refractivity contribution is 9.10. The van der Waals surface area contributed by atoms with Crippen molar-refractivity contribution in [2.75, 3.05) is 5.32 Å². The zero-order valence-electron chi connectivity index (χ0n) is 10.4. The van der Waals surface area contributed by atoms with Crippen LogP contribution in [0.15, 0.2) is 39.3 Å². The Morgan fingerprint density at radius 3 is 2.45 bits per heavy atom. The zero-order chi connectivity index (χ0) is 14.9. The molecule has 0 bridgehead atoms. The van der Waals surface area contributed by atoms with Crippen LogP contribution in [0.4, 0.5) is 10.1 Å². The molecule has 0 heterocycles.